The maximum atomic E-state index is 13.1. The third-order valence-corrected chi connectivity index (χ3v) is 22.2. The van der Waals surface area contributed by atoms with Gasteiger partial charge in [0.15, 0.2) is 12.2 Å². The van der Waals surface area contributed by atoms with E-state index in [9.17, 15) is 43.2 Å². The fraction of sp³-hybridized carbons (Fsp3) is 0.952. The van der Waals surface area contributed by atoms with E-state index in [1.165, 1.54) is 238 Å². The second kappa shape index (κ2) is 72.9. The Kier molecular flexibility index (Phi) is 71.5. The number of esters is 4. The quantitative estimate of drug-likeness (QED) is 0.0222. The van der Waals surface area contributed by atoms with E-state index in [1.54, 1.807) is 0 Å². The normalized spacial score (nSPS) is 14.5. The number of phosphoric acid groups is 2. The summed E-state index contributed by atoms with van der Waals surface area (Å²) in [4.78, 5) is 73.1. The molecule has 0 aromatic carbocycles. The molecule has 0 bridgehead atoms. The molecule has 0 saturated heterocycles. The number of rotatable bonds is 81. The number of hydrogen-bond donors (Lipinski definition) is 3. The molecule has 0 aliphatic carbocycles. The van der Waals surface area contributed by atoms with Gasteiger partial charge in [-0.15, -0.1) is 0 Å². The van der Waals surface area contributed by atoms with Crippen LogP contribution < -0.4 is 0 Å². The summed E-state index contributed by atoms with van der Waals surface area (Å²) >= 11 is 0. The van der Waals surface area contributed by atoms with Crippen molar-refractivity contribution in [2.45, 2.75) is 453 Å². The molecule has 0 saturated carbocycles. The molecule has 0 aliphatic heterocycles. The van der Waals surface area contributed by atoms with Crippen LogP contribution in [0.3, 0.4) is 0 Å². The van der Waals surface area contributed by atoms with E-state index in [1.807, 2.05) is 0 Å². The average Bonchev–Trinajstić information content (AvgIpc) is 0.919. The minimum Gasteiger partial charge on any atom is -0.462 e. The number of aliphatic hydroxyl groups excluding tert-OH is 1. The Morgan fingerprint density at radius 2 is 0.466 bits per heavy atom. The summed E-state index contributed by atoms with van der Waals surface area (Å²) in [6.45, 7) is 14.3. The van der Waals surface area contributed by atoms with Gasteiger partial charge in [0, 0.05) is 25.7 Å². The van der Waals surface area contributed by atoms with Crippen LogP contribution in [-0.2, 0) is 65.4 Å². The molecule has 4 unspecified atom stereocenters. The van der Waals surface area contributed by atoms with E-state index in [0.29, 0.717) is 25.7 Å². The highest BCUT2D eigenvalue weighted by molar-refractivity contribution is 7.47. The molecule has 0 radical (unpaired) electrons. The molecule has 19 heteroatoms. The van der Waals surface area contributed by atoms with Crippen molar-refractivity contribution in [2.75, 3.05) is 39.6 Å². The van der Waals surface area contributed by atoms with Crippen molar-refractivity contribution >= 4 is 39.5 Å². The van der Waals surface area contributed by atoms with Gasteiger partial charge < -0.3 is 33.8 Å². The topological polar surface area (TPSA) is 237 Å². The standard InChI is InChI=1S/C84H164O17P2/c1-9-76(7)62-54-46-38-30-24-20-15-13-11-12-14-16-22-26-32-42-50-58-66-83(88)100-79(70-94-81(86)64-56-48-40-31-25-21-18-17-19-23-28-36-44-52-60-74(3)4)72-98-102(90,91)96-68-78(85)69-97-103(92,93)99-73-80(101-84(89)67-59-51-43-33-27-29-37-45-53-61-75(5)6)71-95-82(87)65-57-49-41-35-34-39-47-55-63-77(8)10-2/h74-80,85H,9-73H2,1-8H3,(H,90,91)(H,92,93)/t76?,77?,78-,79-,80-/m1/s1. The third kappa shape index (κ3) is 75.3. The molecule has 0 aliphatic rings. The fourth-order valence-electron chi connectivity index (χ4n) is 12.9. The maximum absolute atomic E-state index is 13.1. The molecule has 0 aromatic rings. The van der Waals surface area contributed by atoms with Crippen molar-refractivity contribution in [1.82, 2.24) is 0 Å². The number of phosphoric ester groups is 2. The zero-order chi connectivity index (χ0) is 76.0. The van der Waals surface area contributed by atoms with E-state index < -0.39 is 97.5 Å². The van der Waals surface area contributed by atoms with Crippen LogP contribution in [0.15, 0.2) is 0 Å². The van der Waals surface area contributed by atoms with Crippen molar-refractivity contribution in [3.8, 4) is 0 Å². The van der Waals surface area contributed by atoms with Crippen LogP contribution in [0.5, 0.6) is 0 Å². The second-order valence-corrected chi connectivity index (χ2v) is 34.6. The van der Waals surface area contributed by atoms with Crippen molar-refractivity contribution in [1.29, 1.82) is 0 Å². The number of ether oxygens (including phenoxy) is 4. The van der Waals surface area contributed by atoms with E-state index in [2.05, 4.69) is 55.4 Å². The fourth-order valence-corrected chi connectivity index (χ4v) is 14.5. The van der Waals surface area contributed by atoms with Gasteiger partial charge in [-0.2, -0.15) is 0 Å². The molecule has 0 rings (SSSR count). The predicted octanol–water partition coefficient (Wildman–Crippen LogP) is 25.2. The molecule has 0 amide bonds. The Morgan fingerprint density at radius 3 is 0.689 bits per heavy atom. The van der Waals surface area contributed by atoms with Gasteiger partial charge in [0.05, 0.1) is 26.4 Å². The van der Waals surface area contributed by atoms with Crippen molar-refractivity contribution in [2.24, 2.45) is 23.7 Å². The minimum atomic E-state index is -4.97. The van der Waals surface area contributed by atoms with Gasteiger partial charge in [-0.3, -0.25) is 37.3 Å². The van der Waals surface area contributed by atoms with E-state index in [0.717, 1.165) is 114 Å². The molecule has 612 valence electrons. The number of carbonyl (C=O) groups excluding carboxylic acids is 4. The summed E-state index contributed by atoms with van der Waals surface area (Å²) in [5.74, 6) is 1.07. The Bertz CT molecular complexity index is 2010. The second-order valence-electron chi connectivity index (χ2n) is 31.7. The number of unbranched alkanes of at least 4 members (excludes halogenated alkanes) is 45. The highest BCUT2D eigenvalue weighted by Crippen LogP contribution is 2.45. The van der Waals surface area contributed by atoms with Crippen LogP contribution in [0.4, 0.5) is 0 Å². The summed E-state index contributed by atoms with van der Waals surface area (Å²) in [7, 11) is -9.93. The predicted molar refractivity (Wildman–Crippen MR) is 423 cm³/mol. The molecule has 0 heterocycles. The molecule has 3 N–H and O–H groups in total. The molecule has 0 aromatic heterocycles. The molecular formula is C84H164O17P2. The van der Waals surface area contributed by atoms with Crippen molar-refractivity contribution < 1.29 is 80.2 Å². The lowest BCUT2D eigenvalue weighted by Crippen LogP contribution is -2.30. The van der Waals surface area contributed by atoms with Crippen LogP contribution in [-0.4, -0.2) is 96.7 Å². The molecule has 103 heavy (non-hydrogen) atoms. The SMILES string of the molecule is CCC(C)CCCCCCCCCCCCCCCCCCCCC(=O)O[C@H](COC(=O)CCCCCCCCCCCCCCCCC(C)C)COP(=O)(O)OC[C@@H](O)COP(=O)(O)OC[C@@H](COC(=O)CCCCCCCCCCC(C)CC)OC(=O)CCCCCCCCCCCC(C)C. The first-order valence-corrected chi connectivity index (χ1v) is 46.3. The summed E-state index contributed by atoms with van der Waals surface area (Å²) in [6.07, 6.45) is 61.0. The van der Waals surface area contributed by atoms with Gasteiger partial charge in [0.2, 0.25) is 0 Å². The molecule has 0 fully saturated rings. The van der Waals surface area contributed by atoms with Gasteiger partial charge in [-0.1, -0.05) is 383 Å². The van der Waals surface area contributed by atoms with Crippen LogP contribution in [0.2, 0.25) is 0 Å². The zero-order valence-corrected chi connectivity index (χ0v) is 69.7. The third-order valence-electron chi connectivity index (χ3n) is 20.3. The Hall–Kier alpha value is -1.94. The number of hydrogen-bond acceptors (Lipinski definition) is 15. The van der Waals surface area contributed by atoms with Gasteiger partial charge in [0.1, 0.15) is 19.3 Å². The molecule has 0 spiro atoms. The van der Waals surface area contributed by atoms with Crippen molar-refractivity contribution in [3.05, 3.63) is 0 Å². The van der Waals surface area contributed by atoms with Gasteiger partial charge in [-0.05, 0) is 49.4 Å². The lowest BCUT2D eigenvalue weighted by Gasteiger charge is -2.21. The van der Waals surface area contributed by atoms with E-state index in [-0.39, 0.29) is 25.7 Å². The lowest BCUT2D eigenvalue weighted by atomic mass is 9.99. The molecule has 17 nitrogen and oxygen atoms in total. The van der Waals surface area contributed by atoms with Gasteiger partial charge >= 0.3 is 39.5 Å². The largest absolute Gasteiger partial charge is 0.472 e. The molecular weight excluding hydrogens is 1340 g/mol. The first kappa shape index (κ1) is 101. The van der Waals surface area contributed by atoms with Crippen LogP contribution in [0.1, 0.15) is 434 Å². The number of aliphatic hydroxyl groups is 1. The maximum Gasteiger partial charge on any atom is 0.472 e. The Balaban J connectivity index is 5.23. The highest BCUT2D eigenvalue weighted by Gasteiger charge is 2.30. The monoisotopic (exact) mass is 1510 g/mol. The first-order valence-electron chi connectivity index (χ1n) is 43.3. The first-order chi connectivity index (χ1) is 49.7. The van der Waals surface area contributed by atoms with Crippen LogP contribution in [0, 0.1) is 23.7 Å². The van der Waals surface area contributed by atoms with Gasteiger partial charge in [-0.25, -0.2) is 9.13 Å². The van der Waals surface area contributed by atoms with E-state index >= 15 is 0 Å². The average molecular weight is 1510 g/mol. The summed E-state index contributed by atoms with van der Waals surface area (Å²) in [5, 5.41) is 10.7. The Morgan fingerprint density at radius 1 is 0.272 bits per heavy atom. The smallest absolute Gasteiger partial charge is 0.462 e. The number of carbonyl (C=O) groups is 4. The highest BCUT2D eigenvalue weighted by atomic mass is 31.2. The Labute approximate surface area is 632 Å². The van der Waals surface area contributed by atoms with Crippen LogP contribution >= 0.6 is 15.6 Å². The van der Waals surface area contributed by atoms with Gasteiger partial charge in [0.25, 0.3) is 0 Å². The zero-order valence-electron chi connectivity index (χ0n) is 68.0. The minimum absolute atomic E-state index is 0.105. The van der Waals surface area contributed by atoms with Crippen LogP contribution in [0.25, 0.3) is 0 Å². The van der Waals surface area contributed by atoms with Crippen molar-refractivity contribution in [3.63, 3.8) is 0 Å². The summed E-state index contributed by atoms with van der Waals surface area (Å²) in [6, 6.07) is 0. The molecule has 7 atom stereocenters. The van der Waals surface area contributed by atoms with E-state index in [4.69, 9.17) is 37.0 Å². The lowest BCUT2D eigenvalue weighted by molar-refractivity contribution is -0.161. The summed E-state index contributed by atoms with van der Waals surface area (Å²) in [5.41, 5.74) is 0. The summed E-state index contributed by atoms with van der Waals surface area (Å²) < 4.78 is 68.8.